The molecule has 1 aliphatic heterocycles. The highest BCUT2D eigenvalue weighted by atomic mass is 16.1. The van der Waals surface area contributed by atoms with Crippen LogP contribution in [0.5, 0.6) is 0 Å². The molecule has 1 aliphatic carbocycles. The molecule has 16 heavy (non-hydrogen) atoms. The molecule has 0 radical (unpaired) electrons. The fourth-order valence-electron chi connectivity index (χ4n) is 3.01. The lowest BCUT2D eigenvalue weighted by Gasteiger charge is -2.27. The molecule has 3 nitrogen and oxygen atoms in total. The number of hydrogen-bond donors (Lipinski definition) is 2. The number of amides is 1. The summed E-state index contributed by atoms with van der Waals surface area (Å²) >= 11 is 0. The van der Waals surface area contributed by atoms with Gasteiger partial charge in [-0.3, -0.25) is 4.79 Å². The topological polar surface area (TPSA) is 41.1 Å². The molecule has 1 saturated heterocycles. The molecule has 2 aliphatic rings. The largest absolute Gasteiger partial charge is 0.353 e. The average molecular weight is 224 g/mol. The van der Waals surface area contributed by atoms with E-state index >= 15 is 0 Å². The third-order valence-electron chi connectivity index (χ3n) is 3.90. The molecule has 1 heterocycles. The number of carbonyl (C=O) groups excluding carboxylic acids is 1. The Bertz CT molecular complexity index is 236. The average Bonchev–Trinajstić information content (AvgIpc) is 2.70. The van der Waals surface area contributed by atoms with Gasteiger partial charge in [0.15, 0.2) is 0 Å². The van der Waals surface area contributed by atoms with Crippen LogP contribution in [-0.2, 0) is 4.79 Å². The zero-order valence-electron chi connectivity index (χ0n) is 10.3. The van der Waals surface area contributed by atoms with Crippen LogP contribution in [0.1, 0.15) is 51.9 Å². The van der Waals surface area contributed by atoms with Crippen LogP contribution in [0.3, 0.4) is 0 Å². The van der Waals surface area contributed by atoms with E-state index in [0.717, 1.165) is 18.9 Å². The highest BCUT2D eigenvalue weighted by molar-refractivity contribution is 5.76. The maximum atomic E-state index is 11.8. The Kier molecular flexibility index (Phi) is 4.22. The summed E-state index contributed by atoms with van der Waals surface area (Å²) in [7, 11) is 0. The van der Waals surface area contributed by atoms with Gasteiger partial charge in [0.25, 0.3) is 0 Å². The second kappa shape index (κ2) is 5.67. The lowest BCUT2D eigenvalue weighted by atomic mass is 9.87. The third-order valence-corrected chi connectivity index (χ3v) is 3.90. The van der Waals surface area contributed by atoms with E-state index in [1.807, 2.05) is 0 Å². The minimum atomic E-state index is 0.249. The van der Waals surface area contributed by atoms with Crippen LogP contribution >= 0.6 is 0 Å². The van der Waals surface area contributed by atoms with E-state index in [-0.39, 0.29) is 5.91 Å². The standard InChI is InChI=1S/C13H24N2O/c1-10-4-2-5-12(8-10)15-13(16)9-11-6-3-7-14-11/h10-12,14H,2-9H2,1H3,(H,15,16). The van der Waals surface area contributed by atoms with E-state index < -0.39 is 0 Å². The quantitative estimate of drug-likeness (QED) is 0.768. The van der Waals surface area contributed by atoms with Crippen molar-refractivity contribution in [2.45, 2.75) is 64.0 Å². The molecule has 3 heteroatoms. The minimum Gasteiger partial charge on any atom is -0.353 e. The molecule has 0 bridgehead atoms. The summed E-state index contributed by atoms with van der Waals surface area (Å²) < 4.78 is 0. The van der Waals surface area contributed by atoms with Crippen LogP contribution in [0.4, 0.5) is 0 Å². The van der Waals surface area contributed by atoms with Gasteiger partial charge in [0.2, 0.25) is 5.91 Å². The number of carbonyl (C=O) groups is 1. The van der Waals surface area contributed by atoms with Gasteiger partial charge in [-0.2, -0.15) is 0 Å². The van der Waals surface area contributed by atoms with E-state index in [0.29, 0.717) is 18.5 Å². The molecule has 0 spiro atoms. The maximum Gasteiger partial charge on any atom is 0.221 e. The van der Waals surface area contributed by atoms with Crippen LogP contribution in [0.15, 0.2) is 0 Å². The van der Waals surface area contributed by atoms with E-state index in [1.165, 1.54) is 32.1 Å². The molecule has 0 aromatic heterocycles. The second-order valence-electron chi connectivity index (χ2n) is 5.53. The van der Waals surface area contributed by atoms with Crippen LogP contribution in [0, 0.1) is 5.92 Å². The van der Waals surface area contributed by atoms with Gasteiger partial charge in [-0.25, -0.2) is 0 Å². The molecule has 92 valence electrons. The van der Waals surface area contributed by atoms with Crippen LogP contribution in [-0.4, -0.2) is 24.5 Å². The van der Waals surface area contributed by atoms with E-state index in [2.05, 4.69) is 17.6 Å². The summed E-state index contributed by atoms with van der Waals surface area (Å²) in [5.41, 5.74) is 0. The van der Waals surface area contributed by atoms with Crippen molar-refractivity contribution in [2.24, 2.45) is 5.92 Å². The van der Waals surface area contributed by atoms with Crippen molar-refractivity contribution in [1.29, 1.82) is 0 Å². The fourth-order valence-corrected chi connectivity index (χ4v) is 3.01. The Morgan fingerprint density at radius 1 is 1.31 bits per heavy atom. The van der Waals surface area contributed by atoms with Gasteiger partial charge in [0, 0.05) is 18.5 Å². The Labute approximate surface area is 98.4 Å². The molecular formula is C13H24N2O. The van der Waals surface area contributed by atoms with Gasteiger partial charge in [-0.15, -0.1) is 0 Å². The Balaban J connectivity index is 1.69. The number of nitrogens with one attached hydrogen (secondary N) is 2. The lowest BCUT2D eigenvalue weighted by molar-refractivity contribution is -0.122. The molecule has 2 fully saturated rings. The van der Waals surface area contributed by atoms with Crippen molar-refractivity contribution in [2.75, 3.05) is 6.54 Å². The van der Waals surface area contributed by atoms with Gasteiger partial charge in [-0.1, -0.05) is 19.8 Å². The first-order valence-corrected chi connectivity index (χ1v) is 6.77. The summed E-state index contributed by atoms with van der Waals surface area (Å²) in [4.78, 5) is 11.8. The van der Waals surface area contributed by atoms with Gasteiger partial charge in [0.1, 0.15) is 0 Å². The van der Waals surface area contributed by atoms with Gasteiger partial charge in [0.05, 0.1) is 0 Å². The monoisotopic (exact) mass is 224 g/mol. The zero-order chi connectivity index (χ0) is 11.4. The summed E-state index contributed by atoms with van der Waals surface area (Å²) in [6, 6.07) is 0.874. The fraction of sp³-hybridized carbons (Fsp3) is 0.923. The molecule has 1 saturated carbocycles. The molecule has 2 N–H and O–H groups in total. The highest BCUT2D eigenvalue weighted by Gasteiger charge is 2.22. The van der Waals surface area contributed by atoms with Gasteiger partial charge in [-0.05, 0) is 38.1 Å². The van der Waals surface area contributed by atoms with Gasteiger partial charge < -0.3 is 10.6 Å². The summed E-state index contributed by atoms with van der Waals surface area (Å²) in [6.07, 6.45) is 8.00. The molecule has 0 aromatic carbocycles. The van der Waals surface area contributed by atoms with E-state index in [1.54, 1.807) is 0 Å². The Hall–Kier alpha value is -0.570. The Morgan fingerprint density at radius 2 is 2.19 bits per heavy atom. The Morgan fingerprint density at radius 3 is 2.88 bits per heavy atom. The highest BCUT2D eigenvalue weighted by Crippen LogP contribution is 2.23. The first kappa shape index (κ1) is 11.9. The van der Waals surface area contributed by atoms with Crippen molar-refractivity contribution >= 4 is 5.91 Å². The van der Waals surface area contributed by atoms with E-state index in [4.69, 9.17) is 0 Å². The number of rotatable bonds is 3. The second-order valence-corrected chi connectivity index (χ2v) is 5.53. The molecule has 3 unspecified atom stereocenters. The first-order valence-electron chi connectivity index (χ1n) is 6.77. The predicted molar refractivity (Wildman–Crippen MR) is 65.2 cm³/mol. The summed E-state index contributed by atoms with van der Waals surface area (Å²) in [6.45, 7) is 3.37. The van der Waals surface area contributed by atoms with Gasteiger partial charge >= 0.3 is 0 Å². The molecule has 0 aromatic rings. The summed E-state index contributed by atoms with van der Waals surface area (Å²) in [5, 5.41) is 6.57. The maximum absolute atomic E-state index is 11.8. The third kappa shape index (κ3) is 3.48. The smallest absolute Gasteiger partial charge is 0.221 e. The number of hydrogen-bond acceptors (Lipinski definition) is 2. The van der Waals surface area contributed by atoms with Crippen molar-refractivity contribution in [3.63, 3.8) is 0 Å². The minimum absolute atomic E-state index is 0.249. The summed E-state index contributed by atoms with van der Waals surface area (Å²) in [5.74, 6) is 1.03. The SMILES string of the molecule is CC1CCCC(NC(=O)CC2CCCN2)C1. The van der Waals surface area contributed by atoms with Crippen LogP contribution in [0.25, 0.3) is 0 Å². The van der Waals surface area contributed by atoms with Crippen LogP contribution < -0.4 is 10.6 Å². The van der Waals surface area contributed by atoms with E-state index in [9.17, 15) is 4.79 Å². The molecule has 1 amide bonds. The zero-order valence-corrected chi connectivity index (χ0v) is 10.3. The van der Waals surface area contributed by atoms with Crippen molar-refractivity contribution in [3.8, 4) is 0 Å². The van der Waals surface area contributed by atoms with Crippen LogP contribution in [0.2, 0.25) is 0 Å². The lowest BCUT2D eigenvalue weighted by Crippen LogP contribution is -2.40. The first-order chi connectivity index (χ1) is 7.74. The van der Waals surface area contributed by atoms with Crippen molar-refractivity contribution in [1.82, 2.24) is 10.6 Å². The predicted octanol–water partition coefficient (Wildman–Crippen LogP) is 1.82. The van der Waals surface area contributed by atoms with Crippen molar-refractivity contribution < 1.29 is 4.79 Å². The molecule has 2 rings (SSSR count). The van der Waals surface area contributed by atoms with Crippen molar-refractivity contribution in [3.05, 3.63) is 0 Å². The molecular weight excluding hydrogens is 200 g/mol. The molecule has 3 atom stereocenters. The normalized spacial score (nSPS) is 34.9.